The van der Waals surface area contributed by atoms with Crippen molar-refractivity contribution in [2.75, 3.05) is 31.7 Å². The molecule has 4 aromatic rings. The fourth-order valence-electron chi connectivity index (χ4n) is 4.47. The molecular weight excluding hydrogens is 539 g/mol. The summed E-state index contributed by atoms with van der Waals surface area (Å²) >= 11 is 7.88. The molecular formula is C28H26ClFN6O2S. The van der Waals surface area contributed by atoms with Crippen LogP contribution in [0.3, 0.4) is 0 Å². The van der Waals surface area contributed by atoms with Crippen molar-refractivity contribution in [2.24, 2.45) is 5.73 Å². The quantitative estimate of drug-likeness (QED) is 0.297. The van der Waals surface area contributed by atoms with Crippen molar-refractivity contribution in [3.8, 4) is 16.9 Å². The number of primary amides is 1. The maximum Gasteiger partial charge on any atom is 0.275 e. The molecule has 0 unspecified atom stereocenters. The summed E-state index contributed by atoms with van der Waals surface area (Å²) in [6, 6.07) is 14.9. The third-order valence-electron chi connectivity index (χ3n) is 6.38. The van der Waals surface area contributed by atoms with Gasteiger partial charge >= 0.3 is 0 Å². The highest BCUT2D eigenvalue weighted by Crippen LogP contribution is 2.38. The van der Waals surface area contributed by atoms with Crippen LogP contribution in [0.15, 0.2) is 59.6 Å². The SMILES string of the molecule is CN(C)CCSc1ccc(Cl)c(C(=O)Nc2ccc3c(c2)-c2c(c(C(N)=O)nn2-c2ccc(F)cc2)CC3)n1. The van der Waals surface area contributed by atoms with Crippen LogP contribution in [-0.2, 0) is 12.8 Å². The van der Waals surface area contributed by atoms with Gasteiger partial charge in [0, 0.05) is 29.1 Å². The van der Waals surface area contributed by atoms with Crippen molar-refractivity contribution < 1.29 is 14.0 Å². The second-order valence-corrected chi connectivity index (χ2v) is 10.9. The summed E-state index contributed by atoms with van der Waals surface area (Å²) in [5.74, 6) is -0.627. The molecule has 0 spiro atoms. The van der Waals surface area contributed by atoms with Crippen LogP contribution in [0.5, 0.6) is 0 Å². The Morgan fingerprint density at radius 1 is 1.10 bits per heavy atom. The lowest BCUT2D eigenvalue weighted by molar-refractivity contribution is 0.0991. The van der Waals surface area contributed by atoms with E-state index in [1.807, 2.05) is 32.3 Å². The van der Waals surface area contributed by atoms with Crippen LogP contribution < -0.4 is 11.1 Å². The number of pyridine rings is 1. The molecule has 200 valence electrons. The number of nitrogens with two attached hydrogens (primary N) is 1. The number of benzene rings is 2. The van der Waals surface area contributed by atoms with Gasteiger partial charge in [0.25, 0.3) is 11.8 Å². The fraction of sp³-hybridized carbons (Fsp3) is 0.214. The third kappa shape index (κ3) is 5.68. The number of aryl methyl sites for hydroxylation is 1. The minimum atomic E-state index is -0.635. The van der Waals surface area contributed by atoms with Crippen molar-refractivity contribution in [3.05, 3.63) is 88.0 Å². The molecule has 1 aliphatic rings. The number of amides is 2. The van der Waals surface area contributed by atoms with Crippen LogP contribution >= 0.6 is 23.4 Å². The monoisotopic (exact) mass is 564 g/mol. The topological polar surface area (TPSA) is 106 Å². The normalized spacial score (nSPS) is 12.2. The van der Waals surface area contributed by atoms with Gasteiger partial charge in [0.15, 0.2) is 5.69 Å². The van der Waals surface area contributed by atoms with Crippen molar-refractivity contribution in [2.45, 2.75) is 17.9 Å². The molecule has 0 fully saturated rings. The maximum atomic E-state index is 13.6. The molecule has 0 aliphatic heterocycles. The Labute approximate surface area is 234 Å². The van der Waals surface area contributed by atoms with E-state index in [2.05, 4.69) is 20.3 Å². The highest BCUT2D eigenvalue weighted by atomic mass is 35.5. The van der Waals surface area contributed by atoms with E-state index < -0.39 is 11.8 Å². The summed E-state index contributed by atoms with van der Waals surface area (Å²) < 4.78 is 15.2. The van der Waals surface area contributed by atoms with Gasteiger partial charge in [0.05, 0.1) is 21.4 Å². The van der Waals surface area contributed by atoms with Crippen molar-refractivity contribution in [1.29, 1.82) is 0 Å². The average molecular weight is 565 g/mol. The second kappa shape index (κ2) is 11.2. The lowest BCUT2D eigenvalue weighted by atomic mass is 9.88. The summed E-state index contributed by atoms with van der Waals surface area (Å²) in [7, 11) is 4.00. The Morgan fingerprint density at radius 3 is 2.59 bits per heavy atom. The van der Waals surface area contributed by atoms with Crippen LogP contribution in [0.1, 0.15) is 32.1 Å². The van der Waals surface area contributed by atoms with E-state index in [0.717, 1.165) is 29.0 Å². The average Bonchev–Trinajstić information content (AvgIpc) is 3.30. The number of aromatic nitrogens is 3. The molecule has 39 heavy (non-hydrogen) atoms. The number of fused-ring (bicyclic) bond motifs is 3. The van der Waals surface area contributed by atoms with E-state index in [4.69, 9.17) is 17.3 Å². The van der Waals surface area contributed by atoms with E-state index in [9.17, 15) is 14.0 Å². The summed E-state index contributed by atoms with van der Waals surface area (Å²) in [5.41, 5.74) is 10.3. The van der Waals surface area contributed by atoms with E-state index in [-0.39, 0.29) is 22.2 Å². The van der Waals surface area contributed by atoms with E-state index in [0.29, 0.717) is 34.9 Å². The molecule has 0 saturated carbocycles. The van der Waals surface area contributed by atoms with Crippen molar-refractivity contribution >= 4 is 40.9 Å². The zero-order chi connectivity index (χ0) is 27.7. The van der Waals surface area contributed by atoms with Gasteiger partial charge in [-0.25, -0.2) is 14.1 Å². The molecule has 3 N–H and O–H groups in total. The molecule has 5 rings (SSSR count). The van der Waals surface area contributed by atoms with Gasteiger partial charge < -0.3 is 16.0 Å². The lowest BCUT2D eigenvalue weighted by Gasteiger charge is -2.20. The maximum absolute atomic E-state index is 13.6. The predicted octanol–water partition coefficient (Wildman–Crippen LogP) is 4.83. The molecule has 11 heteroatoms. The van der Waals surface area contributed by atoms with Crippen LogP contribution in [0.25, 0.3) is 16.9 Å². The number of rotatable bonds is 8. The van der Waals surface area contributed by atoms with Crippen molar-refractivity contribution in [1.82, 2.24) is 19.7 Å². The number of hydrogen-bond donors (Lipinski definition) is 2. The summed E-state index contributed by atoms with van der Waals surface area (Å²) in [6.45, 7) is 0.875. The molecule has 1 aliphatic carbocycles. The molecule has 2 aromatic heterocycles. The first-order valence-electron chi connectivity index (χ1n) is 12.3. The smallest absolute Gasteiger partial charge is 0.275 e. The first kappa shape index (κ1) is 26.9. The summed E-state index contributed by atoms with van der Waals surface area (Å²) in [4.78, 5) is 32.0. The molecule has 2 heterocycles. The zero-order valence-corrected chi connectivity index (χ0v) is 22.9. The highest BCUT2D eigenvalue weighted by molar-refractivity contribution is 7.99. The molecule has 2 amide bonds. The number of nitrogens with zero attached hydrogens (tertiary/aromatic N) is 4. The number of carbonyl (C=O) groups is 2. The Bertz CT molecular complexity index is 1570. The van der Waals surface area contributed by atoms with Gasteiger partial charge in [-0.15, -0.1) is 11.8 Å². The molecule has 0 saturated heterocycles. The second-order valence-electron chi connectivity index (χ2n) is 9.39. The van der Waals surface area contributed by atoms with Gasteiger partial charge in [0.2, 0.25) is 0 Å². The first-order chi connectivity index (χ1) is 18.7. The molecule has 0 atom stereocenters. The summed E-state index contributed by atoms with van der Waals surface area (Å²) in [6.07, 6.45) is 1.25. The number of halogens is 2. The third-order valence-corrected chi connectivity index (χ3v) is 7.59. The van der Waals surface area contributed by atoms with Crippen molar-refractivity contribution in [3.63, 3.8) is 0 Å². The first-order valence-corrected chi connectivity index (χ1v) is 13.6. The number of carbonyl (C=O) groups excluding carboxylic acids is 2. The summed E-state index contributed by atoms with van der Waals surface area (Å²) in [5, 5.41) is 8.35. The van der Waals surface area contributed by atoms with Gasteiger partial charge in [-0.2, -0.15) is 5.10 Å². The van der Waals surface area contributed by atoms with E-state index >= 15 is 0 Å². The molecule has 2 aromatic carbocycles. The standard InChI is InChI=1S/C28H26ClFN6O2S/c1-35(2)13-14-39-23-12-11-22(29)25(33-23)28(38)32-18-7-3-16-4-10-20-24(27(31)37)34-36(26(20)21(16)15-18)19-8-5-17(30)6-9-19/h3,5-9,11-12,15H,4,10,13-14H2,1-2H3,(H2,31,37)(H,32,38). The van der Waals surface area contributed by atoms with E-state index in [1.54, 1.807) is 40.7 Å². The Balaban J connectivity index is 1.48. The zero-order valence-electron chi connectivity index (χ0n) is 21.4. The minimum Gasteiger partial charge on any atom is -0.364 e. The number of thioether (sulfide) groups is 1. The lowest BCUT2D eigenvalue weighted by Crippen LogP contribution is -2.17. The van der Waals surface area contributed by atoms with Gasteiger partial charge in [-0.05, 0) is 81.0 Å². The molecule has 0 radical (unpaired) electrons. The number of anilines is 1. The molecule has 8 nitrogen and oxygen atoms in total. The van der Waals surface area contributed by atoms with Gasteiger partial charge in [-0.1, -0.05) is 17.7 Å². The molecule has 0 bridgehead atoms. The van der Waals surface area contributed by atoms with Crippen LogP contribution in [0.2, 0.25) is 5.02 Å². The highest BCUT2D eigenvalue weighted by Gasteiger charge is 2.28. The predicted molar refractivity (Wildman–Crippen MR) is 151 cm³/mol. The fourth-order valence-corrected chi connectivity index (χ4v) is 5.65. The Morgan fingerprint density at radius 2 is 1.87 bits per heavy atom. The Kier molecular flexibility index (Phi) is 7.69. The van der Waals surface area contributed by atoms with Crippen LogP contribution in [0, 0.1) is 5.82 Å². The van der Waals surface area contributed by atoms with Gasteiger partial charge in [0.1, 0.15) is 11.5 Å². The number of nitrogens with one attached hydrogen (secondary N) is 1. The van der Waals surface area contributed by atoms with Gasteiger partial charge in [-0.3, -0.25) is 9.59 Å². The largest absolute Gasteiger partial charge is 0.364 e. The Hall–Kier alpha value is -3.73. The number of hydrogen-bond acceptors (Lipinski definition) is 6. The van der Waals surface area contributed by atoms with E-state index in [1.165, 1.54) is 12.1 Å². The minimum absolute atomic E-state index is 0.136. The van der Waals surface area contributed by atoms with Crippen LogP contribution in [0.4, 0.5) is 10.1 Å². The van der Waals surface area contributed by atoms with Crippen LogP contribution in [-0.4, -0.2) is 57.9 Å².